The highest BCUT2D eigenvalue weighted by atomic mass is 79.9. The van der Waals surface area contributed by atoms with Gasteiger partial charge < -0.3 is 11.1 Å². The second kappa shape index (κ2) is 5.38. The molecule has 1 amide bonds. The quantitative estimate of drug-likeness (QED) is 0.896. The molecule has 1 unspecified atom stereocenters. The molecule has 17 heavy (non-hydrogen) atoms. The topological polar surface area (TPSA) is 55.1 Å². The third-order valence-corrected chi connectivity index (χ3v) is 3.67. The Morgan fingerprint density at radius 3 is 2.94 bits per heavy atom. The van der Waals surface area contributed by atoms with Crippen molar-refractivity contribution in [2.24, 2.45) is 11.7 Å². The molecule has 1 atom stereocenters. The molecule has 2 rings (SSSR count). The minimum absolute atomic E-state index is 0.0269. The number of amides is 1. The van der Waals surface area contributed by atoms with Crippen molar-refractivity contribution in [3.63, 3.8) is 0 Å². The van der Waals surface area contributed by atoms with Crippen LogP contribution in [-0.4, -0.2) is 11.9 Å². The fraction of sp³-hybridized carbons (Fsp3) is 0.417. The van der Waals surface area contributed by atoms with Gasteiger partial charge in [-0.3, -0.25) is 4.79 Å². The summed E-state index contributed by atoms with van der Waals surface area (Å²) in [6, 6.07) is 5.32. The lowest BCUT2D eigenvalue weighted by atomic mass is 10.1. The lowest BCUT2D eigenvalue weighted by Gasteiger charge is -2.11. The van der Waals surface area contributed by atoms with Crippen LogP contribution < -0.4 is 11.1 Å². The zero-order valence-electron chi connectivity index (χ0n) is 9.25. The van der Waals surface area contributed by atoms with Gasteiger partial charge in [-0.05, 0) is 37.0 Å². The van der Waals surface area contributed by atoms with Crippen LogP contribution in [0.3, 0.4) is 0 Å². The first kappa shape index (κ1) is 12.9. The number of carbonyl (C=O) groups excluding carboxylic acids is 1. The van der Waals surface area contributed by atoms with Crippen LogP contribution in [0.5, 0.6) is 0 Å². The first-order chi connectivity index (χ1) is 8.06. The summed E-state index contributed by atoms with van der Waals surface area (Å²) in [7, 11) is 0. The Labute approximate surface area is 114 Å². The molecule has 1 aliphatic carbocycles. The largest absolute Gasteiger partial charge is 0.327 e. The minimum Gasteiger partial charge on any atom is -0.327 e. The van der Waals surface area contributed by atoms with Crippen molar-refractivity contribution in [1.82, 2.24) is 0 Å². The highest BCUT2D eigenvalue weighted by Gasteiger charge is 2.29. The van der Waals surface area contributed by atoms with Crippen LogP contribution in [0.25, 0.3) is 0 Å². The Morgan fingerprint density at radius 2 is 2.29 bits per heavy atom. The summed E-state index contributed by atoms with van der Waals surface area (Å²) in [5, 5.41) is 3.31. The number of nitrogens with one attached hydrogen (secondary N) is 1. The minimum atomic E-state index is -0.0793. The summed E-state index contributed by atoms with van der Waals surface area (Å²) in [5.74, 6) is 0.447. The zero-order chi connectivity index (χ0) is 12.4. The second-order valence-electron chi connectivity index (χ2n) is 4.38. The molecule has 0 aliphatic heterocycles. The van der Waals surface area contributed by atoms with Crippen LogP contribution in [0.2, 0.25) is 5.02 Å². The summed E-state index contributed by atoms with van der Waals surface area (Å²) < 4.78 is 0.878. The van der Waals surface area contributed by atoms with Gasteiger partial charge in [-0.15, -0.1) is 0 Å². The van der Waals surface area contributed by atoms with E-state index in [4.69, 9.17) is 17.3 Å². The van der Waals surface area contributed by atoms with E-state index < -0.39 is 0 Å². The van der Waals surface area contributed by atoms with E-state index in [2.05, 4.69) is 21.2 Å². The Balaban J connectivity index is 1.94. The van der Waals surface area contributed by atoms with Crippen molar-refractivity contribution in [2.75, 3.05) is 5.32 Å². The van der Waals surface area contributed by atoms with Gasteiger partial charge in [0.15, 0.2) is 0 Å². The number of benzene rings is 1. The molecule has 0 radical (unpaired) electrons. The summed E-state index contributed by atoms with van der Waals surface area (Å²) in [6.07, 6.45) is 2.64. The smallest absolute Gasteiger partial charge is 0.225 e. The van der Waals surface area contributed by atoms with Gasteiger partial charge in [-0.2, -0.15) is 0 Å². The average Bonchev–Trinajstić information content (AvgIpc) is 3.06. The molecule has 0 saturated heterocycles. The molecule has 5 heteroatoms. The van der Waals surface area contributed by atoms with E-state index in [1.54, 1.807) is 12.1 Å². The summed E-state index contributed by atoms with van der Waals surface area (Å²) in [4.78, 5) is 11.8. The third kappa shape index (κ3) is 3.69. The van der Waals surface area contributed by atoms with Crippen LogP contribution in [0.1, 0.15) is 19.3 Å². The maximum absolute atomic E-state index is 11.8. The molecule has 0 aromatic heterocycles. The van der Waals surface area contributed by atoms with Crippen molar-refractivity contribution < 1.29 is 4.79 Å². The van der Waals surface area contributed by atoms with Crippen molar-refractivity contribution in [3.05, 3.63) is 27.7 Å². The van der Waals surface area contributed by atoms with Crippen LogP contribution >= 0.6 is 27.5 Å². The molecule has 1 aromatic carbocycles. The zero-order valence-corrected chi connectivity index (χ0v) is 11.6. The van der Waals surface area contributed by atoms with Gasteiger partial charge in [-0.1, -0.05) is 27.5 Å². The van der Waals surface area contributed by atoms with Crippen molar-refractivity contribution in [1.29, 1.82) is 0 Å². The third-order valence-electron chi connectivity index (χ3n) is 2.85. The number of halogens is 2. The first-order valence-corrected chi connectivity index (χ1v) is 6.74. The predicted octanol–water partition coefficient (Wildman–Crippen LogP) is 3.17. The number of rotatable bonds is 4. The van der Waals surface area contributed by atoms with Gasteiger partial charge >= 0.3 is 0 Å². The molecule has 1 aromatic rings. The molecule has 0 spiro atoms. The van der Waals surface area contributed by atoms with Gasteiger partial charge in [0.2, 0.25) is 5.91 Å². The van der Waals surface area contributed by atoms with Gasteiger partial charge in [0, 0.05) is 16.9 Å². The highest BCUT2D eigenvalue weighted by molar-refractivity contribution is 9.10. The fourth-order valence-electron chi connectivity index (χ4n) is 1.70. The van der Waals surface area contributed by atoms with Crippen molar-refractivity contribution in [2.45, 2.75) is 25.3 Å². The van der Waals surface area contributed by atoms with Crippen LogP contribution in [0.4, 0.5) is 5.69 Å². The van der Waals surface area contributed by atoms with Crippen LogP contribution in [0.15, 0.2) is 22.7 Å². The molecule has 92 valence electrons. The maximum Gasteiger partial charge on any atom is 0.225 e. The average molecular weight is 318 g/mol. The molecule has 3 N–H and O–H groups in total. The SMILES string of the molecule is NC(CC(=O)Nc1cc(Br)ccc1Cl)C1CC1. The predicted molar refractivity (Wildman–Crippen MR) is 73.1 cm³/mol. The van der Waals surface area contributed by atoms with Gasteiger partial charge in [0.05, 0.1) is 10.7 Å². The molecular weight excluding hydrogens is 304 g/mol. The van der Waals surface area contributed by atoms with Crippen molar-refractivity contribution >= 4 is 39.1 Å². The first-order valence-electron chi connectivity index (χ1n) is 5.57. The molecule has 1 fully saturated rings. The molecule has 1 saturated carbocycles. The number of anilines is 1. The second-order valence-corrected chi connectivity index (χ2v) is 5.70. The lowest BCUT2D eigenvalue weighted by Crippen LogP contribution is -2.28. The fourth-order valence-corrected chi connectivity index (χ4v) is 2.23. The molecule has 1 aliphatic rings. The summed E-state index contributed by atoms with van der Waals surface area (Å²) >= 11 is 9.32. The monoisotopic (exact) mass is 316 g/mol. The Bertz CT molecular complexity index is 435. The van der Waals surface area contributed by atoms with Crippen LogP contribution in [-0.2, 0) is 4.79 Å². The summed E-state index contributed by atoms with van der Waals surface area (Å²) in [6.45, 7) is 0. The van der Waals surface area contributed by atoms with E-state index in [0.717, 1.165) is 17.3 Å². The number of hydrogen-bond donors (Lipinski definition) is 2. The molecule has 0 heterocycles. The van der Waals surface area contributed by atoms with Gasteiger partial charge in [-0.25, -0.2) is 0 Å². The van der Waals surface area contributed by atoms with E-state index in [0.29, 0.717) is 23.0 Å². The molecular formula is C12H14BrClN2O. The molecule has 3 nitrogen and oxygen atoms in total. The molecule has 0 bridgehead atoms. The van der Waals surface area contributed by atoms with Gasteiger partial charge in [0.1, 0.15) is 0 Å². The normalized spacial score (nSPS) is 16.6. The Morgan fingerprint density at radius 1 is 1.59 bits per heavy atom. The van der Waals surface area contributed by atoms with E-state index in [9.17, 15) is 4.79 Å². The standard InChI is InChI=1S/C12H14BrClN2O/c13-8-3-4-9(14)11(5-8)16-12(17)6-10(15)7-1-2-7/h3-5,7,10H,1-2,6,15H2,(H,16,17). The van der Waals surface area contributed by atoms with E-state index in [1.807, 2.05) is 6.07 Å². The Kier molecular flexibility index (Phi) is 4.07. The van der Waals surface area contributed by atoms with Crippen molar-refractivity contribution in [3.8, 4) is 0 Å². The van der Waals surface area contributed by atoms with Gasteiger partial charge in [0.25, 0.3) is 0 Å². The summed E-state index contributed by atoms with van der Waals surface area (Å²) in [5.41, 5.74) is 6.52. The number of nitrogens with two attached hydrogens (primary N) is 1. The number of carbonyl (C=O) groups is 1. The van der Waals surface area contributed by atoms with E-state index in [1.165, 1.54) is 0 Å². The van der Waals surface area contributed by atoms with E-state index in [-0.39, 0.29) is 11.9 Å². The number of hydrogen-bond acceptors (Lipinski definition) is 2. The highest BCUT2D eigenvalue weighted by Crippen LogP contribution is 2.33. The maximum atomic E-state index is 11.8. The Hall–Kier alpha value is -0.580. The van der Waals surface area contributed by atoms with E-state index >= 15 is 0 Å². The lowest BCUT2D eigenvalue weighted by molar-refractivity contribution is -0.116. The van der Waals surface area contributed by atoms with Crippen LogP contribution in [0, 0.1) is 5.92 Å².